The molecule has 0 amide bonds. The summed E-state index contributed by atoms with van der Waals surface area (Å²) < 4.78 is 2.36. The summed E-state index contributed by atoms with van der Waals surface area (Å²) >= 11 is 0. The number of imidazole rings is 1. The van der Waals surface area contributed by atoms with Crippen LogP contribution in [0, 0.1) is 5.41 Å². The van der Waals surface area contributed by atoms with Crippen LogP contribution in [0.4, 0.5) is 0 Å². The van der Waals surface area contributed by atoms with Crippen LogP contribution in [0.5, 0.6) is 0 Å². The monoisotopic (exact) mass is 207 g/mol. The van der Waals surface area contributed by atoms with E-state index in [2.05, 4.69) is 42.6 Å². The van der Waals surface area contributed by atoms with Crippen LogP contribution in [-0.4, -0.2) is 16.1 Å². The first-order valence-electron chi connectivity index (χ1n) is 5.75. The van der Waals surface area contributed by atoms with E-state index in [1.807, 2.05) is 6.33 Å². The van der Waals surface area contributed by atoms with Gasteiger partial charge in [-0.2, -0.15) is 0 Å². The fourth-order valence-electron chi connectivity index (χ4n) is 2.01. The van der Waals surface area contributed by atoms with Gasteiger partial charge in [0, 0.05) is 31.2 Å². The lowest BCUT2D eigenvalue weighted by atomic mass is 9.87. The van der Waals surface area contributed by atoms with Crippen LogP contribution in [0.15, 0.2) is 6.33 Å². The van der Waals surface area contributed by atoms with E-state index >= 15 is 0 Å². The van der Waals surface area contributed by atoms with Crippen LogP contribution in [0.3, 0.4) is 0 Å². The molecule has 1 aliphatic heterocycles. The van der Waals surface area contributed by atoms with Crippen molar-refractivity contribution in [2.45, 2.75) is 46.7 Å². The predicted molar refractivity (Wildman–Crippen MR) is 61.8 cm³/mol. The molecule has 1 unspecified atom stereocenters. The van der Waals surface area contributed by atoms with Gasteiger partial charge in [0.25, 0.3) is 0 Å². The molecule has 2 heterocycles. The van der Waals surface area contributed by atoms with Crippen LogP contribution in [-0.2, 0) is 13.0 Å². The maximum atomic E-state index is 4.49. The average Bonchev–Trinajstić information content (AvgIpc) is 2.58. The highest BCUT2D eigenvalue weighted by Crippen LogP contribution is 2.32. The second kappa shape index (κ2) is 3.63. The van der Waals surface area contributed by atoms with E-state index in [1.165, 1.54) is 11.4 Å². The summed E-state index contributed by atoms with van der Waals surface area (Å²) in [6, 6.07) is 0.506. The normalized spacial score (nSPS) is 18.7. The summed E-state index contributed by atoms with van der Waals surface area (Å²) in [5.74, 6) is 0. The number of nitrogens with zero attached hydrogens (tertiary/aromatic N) is 2. The van der Waals surface area contributed by atoms with Crippen LogP contribution >= 0.6 is 0 Å². The van der Waals surface area contributed by atoms with Crippen molar-refractivity contribution in [3.05, 3.63) is 17.7 Å². The molecule has 2 rings (SSSR count). The topological polar surface area (TPSA) is 29.9 Å². The SMILES string of the molecule is CC(n1cnc2c1CCNC2)C(C)(C)C. The molecule has 84 valence electrons. The van der Waals surface area contributed by atoms with E-state index in [-0.39, 0.29) is 0 Å². The quantitative estimate of drug-likeness (QED) is 0.764. The first kappa shape index (κ1) is 10.7. The van der Waals surface area contributed by atoms with Crippen molar-refractivity contribution in [1.29, 1.82) is 0 Å². The van der Waals surface area contributed by atoms with Gasteiger partial charge in [-0.3, -0.25) is 0 Å². The first-order valence-corrected chi connectivity index (χ1v) is 5.75. The lowest BCUT2D eigenvalue weighted by molar-refractivity contribution is 0.257. The zero-order chi connectivity index (χ0) is 11.1. The number of rotatable bonds is 1. The average molecular weight is 207 g/mol. The largest absolute Gasteiger partial charge is 0.331 e. The van der Waals surface area contributed by atoms with Gasteiger partial charge >= 0.3 is 0 Å². The van der Waals surface area contributed by atoms with E-state index in [1.54, 1.807) is 0 Å². The number of hydrogen-bond donors (Lipinski definition) is 1. The third kappa shape index (κ3) is 1.93. The maximum absolute atomic E-state index is 4.49. The minimum atomic E-state index is 0.291. The Balaban J connectivity index is 2.33. The first-order chi connectivity index (χ1) is 7.00. The van der Waals surface area contributed by atoms with Crippen LogP contribution in [0.25, 0.3) is 0 Å². The van der Waals surface area contributed by atoms with Gasteiger partial charge in [0.05, 0.1) is 12.0 Å². The molecule has 0 radical (unpaired) electrons. The highest BCUT2D eigenvalue weighted by Gasteiger charge is 2.25. The van der Waals surface area contributed by atoms with Gasteiger partial charge in [-0.05, 0) is 12.3 Å². The second-order valence-electron chi connectivity index (χ2n) is 5.51. The summed E-state index contributed by atoms with van der Waals surface area (Å²) in [5, 5.41) is 3.36. The zero-order valence-electron chi connectivity index (χ0n) is 10.2. The third-order valence-electron chi connectivity index (χ3n) is 3.48. The number of fused-ring (bicyclic) bond motifs is 1. The Morgan fingerprint density at radius 1 is 1.47 bits per heavy atom. The van der Waals surface area contributed by atoms with E-state index in [4.69, 9.17) is 0 Å². The van der Waals surface area contributed by atoms with E-state index in [0.29, 0.717) is 11.5 Å². The Bertz CT molecular complexity index is 346. The van der Waals surface area contributed by atoms with E-state index < -0.39 is 0 Å². The van der Waals surface area contributed by atoms with Gasteiger partial charge in [0.2, 0.25) is 0 Å². The summed E-state index contributed by atoms with van der Waals surface area (Å²) in [5.41, 5.74) is 2.95. The summed E-state index contributed by atoms with van der Waals surface area (Å²) in [6.45, 7) is 11.1. The molecule has 3 heteroatoms. The van der Waals surface area contributed by atoms with E-state index in [9.17, 15) is 0 Å². The molecule has 1 aliphatic rings. The molecule has 0 spiro atoms. The molecule has 0 bridgehead atoms. The molecule has 1 N–H and O–H groups in total. The molecule has 0 fully saturated rings. The van der Waals surface area contributed by atoms with Crippen molar-refractivity contribution in [2.24, 2.45) is 5.41 Å². The van der Waals surface area contributed by atoms with Crippen molar-refractivity contribution < 1.29 is 0 Å². The smallest absolute Gasteiger partial charge is 0.0954 e. The fourth-order valence-corrected chi connectivity index (χ4v) is 2.01. The van der Waals surface area contributed by atoms with Gasteiger partial charge in [-0.25, -0.2) is 4.98 Å². The van der Waals surface area contributed by atoms with Crippen molar-refractivity contribution >= 4 is 0 Å². The lowest BCUT2D eigenvalue weighted by Gasteiger charge is -2.30. The number of aromatic nitrogens is 2. The molecule has 1 atom stereocenters. The standard InChI is InChI=1S/C12H21N3/c1-9(12(2,3)4)15-8-14-10-7-13-6-5-11(10)15/h8-9,13H,5-7H2,1-4H3. The van der Waals surface area contributed by atoms with Crippen LogP contribution in [0.2, 0.25) is 0 Å². The second-order valence-corrected chi connectivity index (χ2v) is 5.51. The molecule has 1 aromatic heterocycles. The molecule has 1 aromatic rings. The fraction of sp³-hybridized carbons (Fsp3) is 0.750. The summed E-state index contributed by atoms with van der Waals surface area (Å²) in [4.78, 5) is 4.49. The minimum absolute atomic E-state index is 0.291. The van der Waals surface area contributed by atoms with E-state index in [0.717, 1.165) is 19.5 Å². The molecule has 0 aliphatic carbocycles. The Morgan fingerprint density at radius 3 is 2.87 bits per heavy atom. The van der Waals surface area contributed by atoms with Crippen molar-refractivity contribution in [3.63, 3.8) is 0 Å². The molecule has 3 nitrogen and oxygen atoms in total. The molecule has 0 saturated carbocycles. The van der Waals surface area contributed by atoms with Crippen LogP contribution < -0.4 is 5.32 Å². The highest BCUT2D eigenvalue weighted by atomic mass is 15.1. The van der Waals surface area contributed by atoms with Gasteiger partial charge in [-0.1, -0.05) is 20.8 Å². The minimum Gasteiger partial charge on any atom is -0.331 e. The number of nitrogens with one attached hydrogen (secondary N) is 1. The molecule has 0 aromatic carbocycles. The predicted octanol–water partition coefficient (Wildman–Crippen LogP) is 2.14. The molecular formula is C12H21N3. The zero-order valence-corrected chi connectivity index (χ0v) is 10.2. The Hall–Kier alpha value is -0.830. The molecule has 15 heavy (non-hydrogen) atoms. The van der Waals surface area contributed by atoms with Crippen LogP contribution in [0.1, 0.15) is 45.1 Å². The van der Waals surface area contributed by atoms with Gasteiger partial charge in [0.1, 0.15) is 0 Å². The summed E-state index contributed by atoms with van der Waals surface area (Å²) in [7, 11) is 0. The Kier molecular flexibility index (Phi) is 2.59. The summed E-state index contributed by atoms with van der Waals surface area (Å²) in [6.07, 6.45) is 3.11. The Labute approximate surface area is 91.9 Å². The van der Waals surface area contributed by atoms with Gasteiger partial charge in [-0.15, -0.1) is 0 Å². The van der Waals surface area contributed by atoms with Gasteiger partial charge in [0.15, 0.2) is 0 Å². The number of hydrogen-bond acceptors (Lipinski definition) is 2. The maximum Gasteiger partial charge on any atom is 0.0954 e. The van der Waals surface area contributed by atoms with Gasteiger partial charge < -0.3 is 9.88 Å². The molecule has 0 saturated heterocycles. The third-order valence-corrected chi connectivity index (χ3v) is 3.48. The Morgan fingerprint density at radius 2 is 2.20 bits per heavy atom. The lowest BCUT2D eigenvalue weighted by Crippen LogP contribution is -2.28. The highest BCUT2D eigenvalue weighted by molar-refractivity contribution is 5.17. The molecular weight excluding hydrogens is 186 g/mol. The van der Waals surface area contributed by atoms with Crippen molar-refractivity contribution in [1.82, 2.24) is 14.9 Å². The van der Waals surface area contributed by atoms with Crippen molar-refractivity contribution in [3.8, 4) is 0 Å². The van der Waals surface area contributed by atoms with Crippen molar-refractivity contribution in [2.75, 3.05) is 6.54 Å².